The Morgan fingerprint density at radius 1 is 1.32 bits per heavy atom. The highest BCUT2D eigenvalue weighted by Crippen LogP contribution is 2.20. The van der Waals surface area contributed by atoms with Crippen molar-refractivity contribution in [3.05, 3.63) is 29.3 Å². The average Bonchev–Trinajstić information content (AvgIpc) is 2.30. The van der Waals surface area contributed by atoms with E-state index in [9.17, 15) is 13.6 Å². The van der Waals surface area contributed by atoms with E-state index in [0.717, 1.165) is 12.1 Å². The van der Waals surface area contributed by atoms with Crippen molar-refractivity contribution in [3.63, 3.8) is 0 Å². The molecular weight excluding hydrogens is 276 g/mol. The van der Waals surface area contributed by atoms with E-state index >= 15 is 0 Å². The average molecular weight is 289 g/mol. The van der Waals surface area contributed by atoms with Gasteiger partial charge < -0.3 is 21.5 Å². The molecular formula is C11H13F2N3O2S. The first-order valence-corrected chi connectivity index (χ1v) is 5.71. The minimum Gasteiger partial charge on any atom is -0.389 e. The smallest absolute Gasteiger partial charge is 0.243 e. The molecule has 5 nitrogen and oxygen atoms in total. The van der Waals surface area contributed by atoms with E-state index in [0.29, 0.717) is 0 Å². The molecule has 0 unspecified atom stereocenters. The van der Waals surface area contributed by atoms with Gasteiger partial charge in [0.2, 0.25) is 5.91 Å². The Balaban J connectivity index is 2.59. The standard InChI is InChI=1S/C11H13F2N3O2S/c12-7-3-6(11(15)19)4-8(13)10(7)16-1-2-18-5-9(14)17/h3-4,16H,1-2,5H2,(H2,14,17)(H2,15,19). The Hall–Kier alpha value is -1.80. The minimum atomic E-state index is -0.808. The summed E-state index contributed by atoms with van der Waals surface area (Å²) in [5, 5.41) is 2.51. The Morgan fingerprint density at radius 3 is 2.37 bits per heavy atom. The first-order chi connectivity index (χ1) is 8.91. The van der Waals surface area contributed by atoms with Crippen molar-refractivity contribution in [1.29, 1.82) is 0 Å². The second-order valence-corrected chi connectivity index (χ2v) is 4.06. The van der Waals surface area contributed by atoms with Crippen molar-refractivity contribution >= 4 is 28.8 Å². The van der Waals surface area contributed by atoms with Crippen LogP contribution in [0.25, 0.3) is 0 Å². The Bertz CT molecular complexity index is 474. The summed E-state index contributed by atoms with van der Waals surface area (Å²) >= 11 is 4.63. The van der Waals surface area contributed by atoms with E-state index in [1.165, 1.54) is 0 Å². The number of anilines is 1. The van der Waals surface area contributed by atoms with E-state index in [2.05, 4.69) is 17.5 Å². The van der Waals surface area contributed by atoms with Gasteiger partial charge in [-0.1, -0.05) is 12.2 Å². The lowest BCUT2D eigenvalue weighted by molar-refractivity contribution is -0.122. The van der Waals surface area contributed by atoms with Gasteiger partial charge in [-0.2, -0.15) is 0 Å². The molecule has 0 saturated carbocycles. The molecule has 0 radical (unpaired) electrons. The number of carbonyl (C=O) groups is 1. The lowest BCUT2D eigenvalue weighted by Gasteiger charge is -2.10. The molecule has 1 rings (SSSR count). The number of ether oxygens (including phenoxy) is 1. The number of primary amides is 1. The van der Waals surface area contributed by atoms with Gasteiger partial charge in [0.1, 0.15) is 28.9 Å². The van der Waals surface area contributed by atoms with Crippen molar-refractivity contribution in [3.8, 4) is 0 Å². The number of nitrogens with two attached hydrogens (primary N) is 2. The van der Waals surface area contributed by atoms with Crippen LogP contribution in [0.3, 0.4) is 0 Å². The van der Waals surface area contributed by atoms with Crippen molar-refractivity contribution in [1.82, 2.24) is 0 Å². The molecule has 0 saturated heterocycles. The normalized spacial score (nSPS) is 10.2. The highest BCUT2D eigenvalue weighted by atomic mass is 32.1. The maximum Gasteiger partial charge on any atom is 0.243 e. The van der Waals surface area contributed by atoms with Crippen LogP contribution in [-0.4, -0.2) is 30.7 Å². The van der Waals surface area contributed by atoms with Gasteiger partial charge in [-0.15, -0.1) is 0 Å². The molecule has 0 aliphatic heterocycles. The number of halogens is 2. The monoisotopic (exact) mass is 289 g/mol. The van der Waals surface area contributed by atoms with Gasteiger partial charge in [0.15, 0.2) is 0 Å². The van der Waals surface area contributed by atoms with Crippen LogP contribution in [0.4, 0.5) is 14.5 Å². The lowest BCUT2D eigenvalue weighted by atomic mass is 10.2. The molecule has 0 aromatic heterocycles. The molecule has 8 heteroatoms. The molecule has 0 bridgehead atoms. The fourth-order valence-electron chi connectivity index (χ4n) is 1.31. The molecule has 1 amide bonds. The Kier molecular flexibility index (Phi) is 5.58. The molecule has 1 aromatic rings. The van der Waals surface area contributed by atoms with E-state index < -0.39 is 17.5 Å². The summed E-state index contributed by atoms with van der Waals surface area (Å²) in [6.07, 6.45) is 0. The van der Waals surface area contributed by atoms with Crippen LogP contribution in [0.1, 0.15) is 5.56 Å². The summed E-state index contributed by atoms with van der Waals surface area (Å²) in [5.41, 5.74) is 9.94. The molecule has 5 N–H and O–H groups in total. The fourth-order valence-corrected chi connectivity index (χ4v) is 1.42. The van der Waals surface area contributed by atoms with Gasteiger partial charge in [0.05, 0.1) is 6.61 Å². The molecule has 104 valence electrons. The molecule has 0 aliphatic carbocycles. The number of carbonyl (C=O) groups excluding carboxylic acids is 1. The molecule has 1 aromatic carbocycles. The number of benzene rings is 1. The van der Waals surface area contributed by atoms with Crippen molar-refractivity contribution in [2.24, 2.45) is 11.5 Å². The first kappa shape index (κ1) is 15.3. The number of amides is 1. The molecule has 0 aliphatic rings. The molecule has 0 heterocycles. The summed E-state index contributed by atoms with van der Waals surface area (Å²) in [7, 11) is 0. The van der Waals surface area contributed by atoms with Gasteiger partial charge in [0.25, 0.3) is 0 Å². The van der Waals surface area contributed by atoms with Crippen LogP contribution in [0.2, 0.25) is 0 Å². The summed E-state index contributed by atoms with van der Waals surface area (Å²) in [5.74, 6) is -2.23. The van der Waals surface area contributed by atoms with Crippen molar-refractivity contribution < 1.29 is 18.3 Å². The van der Waals surface area contributed by atoms with Crippen LogP contribution in [0, 0.1) is 11.6 Å². The maximum absolute atomic E-state index is 13.6. The highest BCUT2D eigenvalue weighted by molar-refractivity contribution is 7.80. The SMILES string of the molecule is NC(=O)COCCNc1c(F)cc(C(N)=S)cc1F. The molecule has 19 heavy (non-hydrogen) atoms. The van der Waals surface area contributed by atoms with Crippen LogP contribution in [0.15, 0.2) is 12.1 Å². The zero-order valence-corrected chi connectivity index (χ0v) is 10.7. The van der Waals surface area contributed by atoms with Gasteiger partial charge >= 0.3 is 0 Å². The van der Waals surface area contributed by atoms with Crippen LogP contribution >= 0.6 is 12.2 Å². The predicted octanol–water partition coefficient (Wildman–Crippen LogP) is 0.513. The zero-order valence-electron chi connectivity index (χ0n) is 9.91. The molecule has 0 spiro atoms. The Labute approximate surface area is 113 Å². The fraction of sp³-hybridized carbons (Fsp3) is 0.273. The number of hydrogen-bond acceptors (Lipinski definition) is 4. The summed E-state index contributed by atoms with van der Waals surface area (Å²) in [4.78, 5) is 10.3. The third-order valence-corrected chi connectivity index (χ3v) is 2.35. The van der Waals surface area contributed by atoms with Crippen molar-refractivity contribution in [2.75, 3.05) is 25.1 Å². The second-order valence-electron chi connectivity index (χ2n) is 3.62. The molecule has 0 fully saturated rings. The first-order valence-electron chi connectivity index (χ1n) is 5.30. The summed E-state index contributed by atoms with van der Waals surface area (Å²) in [6, 6.07) is 2.08. The molecule has 0 atom stereocenters. The third-order valence-electron chi connectivity index (χ3n) is 2.12. The predicted molar refractivity (Wildman–Crippen MR) is 70.7 cm³/mol. The number of thiocarbonyl (C=S) groups is 1. The van der Waals surface area contributed by atoms with E-state index in [-0.39, 0.29) is 36.0 Å². The summed E-state index contributed by atoms with van der Waals surface area (Å²) < 4.78 is 32.0. The van der Waals surface area contributed by atoms with E-state index in [4.69, 9.17) is 16.2 Å². The number of hydrogen-bond donors (Lipinski definition) is 3. The number of nitrogens with one attached hydrogen (secondary N) is 1. The Morgan fingerprint density at radius 2 is 1.89 bits per heavy atom. The van der Waals surface area contributed by atoms with Gasteiger partial charge in [0, 0.05) is 12.1 Å². The number of rotatable bonds is 7. The summed E-state index contributed by atoms with van der Waals surface area (Å²) in [6.45, 7) is -0.0422. The maximum atomic E-state index is 13.6. The van der Waals surface area contributed by atoms with Gasteiger partial charge in [-0.25, -0.2) is 8.78 Å². The minimum absolute atomic E-state index is 0.0822. The second kappa shape index (κ2) is 6.95. The van der Waals surface area contributed by atoms with Crippen LogP contribution in [0.5, 0.6) is 0 Å². The highest BCUT2D eigenvalue weighted by Gasteiger charge is 2.11. The largest absolute Gasteiger partial charge is 0.389 e. The lowest BCUT2D eigenvalue weighted by Crippen LogP contribution is -2.21. The van der Waals surface area contributed by atoms with Crippen LogP contribution in [-0.2, 0) is 9.53 Å². The van der Waals surface area contributed by atoms with E-state index in [1.54, 1.807) is 0 Å². The third kappa shape index (κ3) is 4.76. The van der Waals surface area contributed by atoms with E-state index in [1.807, 2.05) is 0 Å². The van der Waals surface area contributed by atoms with Gasteiger partial charge in [-0.3, -0.25) is 4.79 Å². The zero-order chi connectivity index (χ0) is 14.4. The quantitative estimate of drug-likeness (QED) is 0.503. The van der Waals surface area contributed by atoms with Gasteiger partial charge in [-0.05, 0) is 12.1 Å². The topological polar surface area (TPSA) is 90.4 Å². The van der Waals surface area contributed by atoms with Crippen molar-refractivity contribution in [2.45, 2.75) is 0 Å². The van der Waals surface area contributed by atoms with Crippen LogP contribution < -0.4 is 16.8 Å².